The summed E-state index contributed by atoms with van der Waals surface area (Å²) in [7, 11) is 0. The molecule has 0 radical (unpaired) electrons. The van der Waals surface area contributed by atoms with Gasteiger partial charge in [-0.05, 0) is 56.2 Å². The molecule has 0 N–H and O–H groups in total. The number of thioether (sulfide) groups is 1. The summed E-state index contributed by atoms with van der Waals surface area (Å²) >= 11 is 1.44. The van der Waals surface area contributed by atoms with Crippen LogP contribution in [-0.4, -0.2) is 19.7 Å². The minimum Gasteiger partial charge on any atom is -0.338 e. The number of aromatic nitrogens is 4. The Bertz CT molecular complexity index is 1280. The van der Waals surface area contributed by atoms with E-state index in [9.17, 15) is 4.79 Å². The molecule has 2 aromatic heterocycles. The smallest absolute Gasteiger partial charge is 0.266 e. The average Bonchev–Trinajstić information content (AvgIpc) is 3.21. The molecule has 30 heavy (non-hydrogen) atoms. The van der Waals surface area contributed by atoms with Crippen molar-refractivity contribution in [3.8, 4) is 5.69 Å². The van der Waals surface area contributed by atoms with Crippen LogP contribution >= 0.6 is 11.8 Å². The summed E-state index contributed by atoms with van der Waals surface area (Å²) in [5.41, 5.74) is 3.67. The number of nitrogens with zero attached hydrogens (tertiary/aromatic N) is 4. The van der Waals surface area contributed by atoms with Crippen LogP contribution in [0, 0.1) is 13.8 Å². The van der Waals surface area contributed by atoms with E-state index in [4.69, 9.17) is 9.51 Å². The lowest BCUT2D eigenvalue weighted by molar-refractivity contribution is 0.373. The summed E-state index contributed by atoms with van der Waals surface area (Å²) in [6.07, 6.45) is 0. The van der Waals surface area contributed by atoms with Crippen LogP contribution in [0.2, 0.25) is 0 Å². The van der Waals surface area contributed by atoms with Gasteiger partial charge in [-0.15, -0.1) is 0 Å². The second-order valence-electron chi connectivity index (χ2n) is 7.73. The highest BCUT2D eigenvalue weighted by atomic mass is 32.2. The Morgan fingerprint density at radius 3 is 2.47 bits per heavy atom. The molecule has 0 aliphatic rings. The van der Waals surface area contributed by atoms with Crippen LogP contribution in [0.15, 0.2) is 56.9 Å². The van der Waals surface area contributed by atoms with Crippen molar-refractivity contribution in [2.24, 2.45) is 0 Å². The third kappa shape index (κ3) is 3.77. The summed E-state index contributed by atoms with van der Waals surface area (Å²) < 4.78 is 7.14. The van der Waals surface area contributed by atoms with E-state index in [0.717, 1.165) is 11.3 Å². The lowest BCUT2D eigenvalue weighted by Crippen LogP contribution is -2.22. The normalized spacial score (nSPS) is 12.6. The Labute approximate surface area is 179 Å². The highest BCUT2D eigenvalue weighted by molar-refractivity contribution is 7.99. The topological polar surface area (TPSA) is 73.8 Å². The maximum absolute atomic E-state index is 13.4. The molecule has 4 aromatic rings. The van der Waals surface area contributed by atoms with Gasteiger partial charge >= 0.3 is 0 Å². The van der Waals surface area contributed by atoms with E-state index >= 15 is 0 Å². The molecule has 4 rings (SSSR count). The molecule has 154 valence electrons. The molecule has 0 aliphatic heterocycles. The van der Waals surface area contributed by atoms with Gasteiger partial charge < -0.3 is 4.52 Å². The van der Waals surface area contributed by atoms with Crippen LogP contribution in [-0.2, 0) is 0 Å². The van der Waals surface area contributed by atoms with Crippen LogP contribution in [0.25, 0.3) is 16.6 Å². The summed E-state index contributed by atoms with van der Waals surface area (Å²) in [6, 6.07) is 13.4. The summed E-state index contributed by atoms with van der Waals surface area (Å²) in [5, 5.41) is 5.09. The Kier molecular flexibility index (Phi) is 5.47. The van der Waals surface area contributed by atoms with Gasteiger partial charge in [0.05, 0.1) is 21.8 Å². The van der Waals surface area contributed by atoms with Gasteiger partial charge in [-0.25, -0.2) is 4.98 Å². The predicted octanol–water partition coefficient (Wildman–Crippen LogP) is 5.36. The van der Waals surface area contributed by atoms with Gasteiger partial charge in [0.15, 0.2) is 11.0 Å². The van der Waals surface area contributed by atoms with Crippen molar-refractivity contribution in [2.75, 3.05) is 0 Å². The van der Waals surface area contributed by atoms with E-state index in [0.29, 0.717) is 27.8 Å². The van der Waals surface area contributed by atoms with Crippen molar-refractivity contribution < 1.29 is 4.52 Å². The molecule has 2 heterocycles. The van der Waals surface area contributed by atoms with Crippen LogP contribution in [0.5, 0.6) is 0 Å². The fraction of sp³-hybridized carbons (Fsp3) is 0.304. The number of hydrogen-bond donors (Lipinski definition) is 0. The SMILES string of the molecule is Cc1ccc(-n2c(S[C@H](C)c3nc(C(C)C)no3)nc3ccccc3c2=O)cc1C. The van der Waals surface area contributed by atoms with Crippen LogP contribution in [0.1, 0.15) is 54.8 Å². The lowest BCUT2D eigenvalue weighted by Gasteiger charge is -2.16. The van der Waals surface area contributed by atoms with Gasteiger partial charge in [0.25, 0.3) is 5.56 Å². The molecule has 0 unspecified atom stereocenters. The Hall–Kier alpha value is -2.93. The molecule has 0 amide bonds. The molecular formula is C23H24N4O2S. The lowest BCUT2D eigenvalue weighted by atomic mass is 10.1. The second kappa shape index (κ2) is 8.07. The van der Waals surface area contributed by atoms with Gasteiger partial charge in [-0.1, -0.05) is 49.0 Å². The Morgan fingerprint density at radius 1 is 1.00 bits per heavy atom. The fourth-order valence-electron chi connectivity index (χ4n) is 3.14. The van der Waals surface area contributed by atoms with Crippen molar-refractivity contribution in [2.45, 2.75) is 50.9 Å². The third-order valence-corrected chi connectivity index (χ3v) is 6.14. The molecule has 6 nitrogen and oxygen atoms in total. The molecule has 2 aromatic carbocycles. The van der Waals surface area contributed by atoms with Crippen molar-refractivity contribution in [1.29, 1.82) is 0 Å². The first-order valence-corrected chi connectivity index (χ1v) is 10.8. The first kappa shape index (κ1) is 20.3. The van der Waals surface area contributed by atoms with Gasteiger partial charge in [0, 0.05) is 5.92 Å². The maximum Gasteiger partial charge on any atom is 0.266 e. The summed E-state index contributed by atoms with van der Waals surface area (Å²) in [4.78, 5) is 22.7. The zero-order valence-corrected chi connectivity index (χ0v) is 18.5. The minimum atomic E-state index is -0.157. The van der Waals surface area contributed by atoms with E-state index in [1.807, 2.05) is 70.2 Å². The van der Waals surface area contributed by atoms with Crippen LogP contribution < -0.4 is 5.56 Å². The Balaban J connectivity index is 1.84. The number of fused-ring (bicyclic) bond motifs is 1. The number of hydrogen-bond acceptors (Lipinski definition) is 6. The zero-order chi connectivity index (χ0) is 21.4. The standard InChI is InChI=1S/C23H24N4O2S/c1-13(2)20-25-21(29-26-20)16(5)30-23-24-19-9-7-6-8-18(19)22(28)27(23)17-11-10-14(3)15(4)12-17/h6-13,16H,1-5H3/t16-/m1/s1. The van der Waals surface area contributed by atoms with E-state index < -0.39 is 0 Å². The van der Waals surface area contributed by atoms with Crippen molar-refractivity contribution >= 4 is 22.7 Å². The predicted molar refractivity (Wildman–Crippen MR) is 119 cm³/mol. The number of benzene rings is 2. The van der Waals surface area contributed by atoms with E-state index in [1.165, 1.54) is 17.3 Å². The summed E-state index contributed by atoms with van der Waals surface area (Å²) in [5.74, 6) is 1.39. The number of aryl methyl sites for hydroxylation is 2. The van der Waals surface area contributed by atoms with Crippen molar-refractivity contribution in [3.05, 3.63) is 75.7 Å². The van der Waals surface area contributed by atoms with E-state index in [2.05, 4.69) is 17.1 Å². The van der Waals surface area contributed by atoms with E-state index in [1.54, 1.807) is 4.57 Å². The maximum atomic E-state index is 13.4. The largest absolute Gasteiger partial charge is 0.338 e. The molecule has 0 aliphatic carbocycles. The van der Waals surface area contributed by atoms with Gasteiger partial charge in [0.2, 0.25) is 5.89 Å². The molecular weight excluding hydrogens is 396 g/mol. The quantitative estimate of drug-likeness (QED) is 0.319. The fourth-order valence-corrected chi connectivity index (χ4v) is 4.10. The summed E-state index contributed by atoms with van der Waals surface area (Å²) in [6.45, 7) is 10.1. The minimum absolute atomic E-state index is 0.0908. The molecule has 1 atom stereocenters. The van der Waals surface area contributed by atoms with Gasteiger partial charge in [-0.2, -0.15) is 4.98 Å². The third-order valence-electron chi connectivity index (χ3n) is 5.10. The molecule has 0 saturated heterocycles. The average molecular weight is 421 g/mol. The van der Waals surface area contributed by atoms with Gasteiger partial charge in [-0.3, -0.25) is 9.36 Å². The highest BCUT2D eigenvalue weighted by Crippen LogP contribution is 2.34. The molecule has 0 bridgehead atoms. The molecule has 0 fully saturated rings. The monoisotopic (exact) mass is 420 g/mol. The number of para-hydroxylation sites is 1. The highest BCUT2D eigenvalue weighted by Gasteiger charge is 2.21. The Morgan fingerprint density at radius 2 is 1.77 bits per heavy atom. The van der Waals surface area contributed by atoms with Gasteiger partial charge in [0.1, 0.15) is 0 Å². The van der Waals surface area contributed by atoms with Crippen molar-refractivity contribution in [3.63, 3.8) is 0 Å². The number of rotatable bonds is 5. The van der Waals surface area contributed by atoms with Crippen LogP contribution in [0.4, 0.5) is 0 Å². The first-order valence-electron chi connectivity index (χ1n) is 9.94. The van der Waals surface area contributed by atoms with Crippen LogP contribution in [0.3, 0.4) is 0 Å². The molecule has 0 saturated carbocycles. The molecule has 7 heteroatoms. The molecule has 0 spiro atoms. The first-order chi connectivity index (χ1) is 14.3. The second-order valence-corrected chi connectivity index (χ2v) is 9.03. The van der Waals surface area contributed by atoms with Crippen molar-refractivity contribution in [1.82, 2.24) is 19.7 Å². The van der Waals surface area contributed by atoms with E-state index in [-0.39, 0.29) is 16.7 Å². The zero-order valence-electron chi connectivity index (χ0n) is 17.7.